The summed E-state index contributed by atoms with van der Waals surface area (Å²) in [6.07, 6.45) is -1.41. The van der Waals surface area contributed by atoms with E-state index in [1.54, 1.807) is 12.1 Å². The average Bonchev–Trinajstić information content (AvgIpc) is 3.28. The van der Waals surface area contributed by atoms with Crippen molar-refractivity contribution >= 4 is 17.0 Å². The van der Waals surface area contributed by atoms with Gasteiger partial charge in [0.05, 0.1) is 24.6 Å². The molecule has 1 aliphatic rings. The lowest BCUT2D eigenvalue weighted by Crippen LogP contribution is -2.33. The predicted octanol–water partition coefficient (Wildman–Crippen LogP) is -0.0784. The molecule has 2 aromatic heterocycles. The fourth-order valence-corrected chi connectivity index (χ4v) is 3.16. The quantitative estimate of drug-likeness (QED) is 0.475. The summed E-state index contributed by atoms with van der Waals surface area (Å²) in [5.74, 6) is 0.500. The minimum atomic E-state index is -1.22. The first-order valence-electron chi connectivity index (χ1n) is 8.65. The summed E-state index contributed by atoms with van der Waals surface area (Å²) in [5, 5.41) is 41.5. The smallest absolute Gasteiger partial charge is 0.167 e. The zero-order valence-electron chi connectivity index (χ0n) is 14.7. The highest BCUT2D eigenvalue weighted by Gasteiger charge is 2.44. The molecule has 10 nitrogen and oxygen atoms in total. The molecule has 1 aliphatic heterocycles. The molecule has 1 aromatic carbocycles. The molecule has 0 saturated carbocycles. The van der Waals surface area contributed by atoms with Gasteiger partial charge in [0.2, 0.25) is 0 Å². The van der Waals surface area contributed by atoms with E-state index in [1.165, 1.54) is 17.2 Å². The van der Waals surface area contributed by atoms with Crippen LogP contribution in [0.1, 0.15) is 17.4 Å². The van der Waals surface area contributed by atoms with Gasteiger partial charge in [-0.1, -0.05) is 12.1 Å². The Bertz CT molecular complexity index is 1020. The molecule has 28 heavy (non-hydrogen) atoms. The SMILES string of the molecule is N#Cc1ccc(CNc2ncnc3c2ncn3[C@@H]2O[C@H](CO)[C@@H](O)[C@H]2O)cc1. The third kappa shape index (κ3) is 3.17. The van der Waals surface area contributed by atoms with E-state index in [-0.39, 0.29) is 0 Å². The van der Waals surface area contributed by atoms with Crippen molar-refractivity contribution in [1.29, 1.82) is 5.26 Å². The van der Waals surface area contributed by atoms with Gasteiger partial charge in [-0.15, -0.1) is 0 Å². The Kier molecular flexibility index (Phi) is 4.89. The normalized spacial score (nSPS) is 24.4. The number of hydrogen-bond acceptors (Lipinski definition) is 9. The number of benzene rings is 1. The summed E-state index contributed by atoms with van der Waals surface area (Å²) in [6, 6.07) is 9.25. The molecular formula is C18H18N6O4. The Morgan fingerprint density at radius 2 is 1.93 bits per heavy atom. The van der Waals surface area contributed by atoms with Crippen molar-refractivity contribution in [3.05, 3.63) is 48.0 Å². The van der Waals surface area contributed by atoms with Crippen LogP contribution in [0.25, 0.3) is 11.2 Å². The number of nitrogens with zero attached hydrogens (tertiary/aromatic N) is 5. The van der Waals surface area contributed by atoms with Crippen LogP contribution in [0, 0.1) is 11.3 Å². The van der Waals surface area contributed by atoms with Gasteiger partial charge in [0.15, 0.2) is 23.2 Å². The van der Waals surface area contributed by atoms with E-state index in [1.807, 2.05) is 12.1 Å². The fraction of sp³-hybridized carbons (Fsp3) is 0.333. The standard InChI is InChI=1S/C18H18N6O4/c19-5-10-1-3-11(4-2-10)6-20-16-13-17(22-8-21-16)24(9-23-13)18-15(27)14(26)12(7-25)28-18/h1-4,8-9,12,14-15,18,25-27H,6-7H2,(H,20,21,22)/t12-,14-,15-,18-/m1/s1. The van der Waals surface area contributed by atoms with Crippen LogP contribution in [0.15, 0.2) is 36.9 Å². The molecule has 4 rings (SSSR count). The Balaban J connectivity index is 1.57. The summed E-state index contributed by atoms with van der Waals surface area (Å²) in [5.41, 5.74) is 2.46. The molecule has 1 saturated heterocycles. The van der Waals surface area contributed by atoms with Crippen LogP contribution in [0.2, 0.25) is 0 Å². The van der Waals surface area contributed by atoms with E-state index in [2.05, 4.69) is 26.3 Å². The lowest BCUT2D eigenvalue weighted by molar-refractivity contribution is -0.0511. The molecule has 0 aliphatic carbocycles. The molecule has 0 radical (unpaired) electrons. The topological polar surface area (TPSA) is 149 Å². The van der Waals surface area contributed by atoms with Crippen molar-refractivity contribution in [3.8, 4) is 6.07 Å². The number of hydrogen-bond donors (Lipinski definition) is 4. The van der Waals surface area contributed by atoms with Crippen molar-refractivity contribution in [2.24, 2.45) is 0 Å². The number of aliphatic hydroxyl groups is 3. The molecule has 0 unspecified atom stereocenters. The van der Waals surface area contributed by atoms with Crippen LogP contribution < -0.4 is 5.32 Å². The van der Waals surface area contributed by atoms with Gasteiger partial charge in [-0.25, -0.2) is 15.0 Å². The minimum absolute atomic E-state index is 0.409. The maximum atomic E-state index is 10.2. The number of imidazole rings is 1. The lowest BCUT2D eigenvalue weighted by atomic mass is 10.1. The number of aliphatic hydroxyl groups excluding tert-OH is 3. The highest BCUT2D eigenvalue weighted by Crippen LogP contribution is 2.32. The Morgan fingerprint density at radius 1 is 1.14 bits per heavy atom. The third-order valence-electron chi connectivity index (χ3n) is 4.69. The van der Waals surface area contributed by atoms with E-state index in [9.17, 15) is 15.3 Å². The molecule has 1 fully saturated rings. The van der Waals surface area contributed by atoms with Gasteiger partial charge < -0.3 is 25.4 Å². The second kappa shape index (κ2) is 7.49. The molecule has 0 bridgehead atoms. The summed E-state index contributed by atoms with van der Waals surface area (Å²) in [6.45, 7) is 0.0618. The first-order valence-corrected chi connectivity index (χ1v) is 8.65. The molecule has 4 atom stereocenters. The molecule has 4 N–H and O–H groups in total. The number of fused-ring (bicyclic) bond motifs is 1. The van der Waals surface area contributed by atoms with Crippen molar-refractivity contribution in [3.63, 3.8) is 0 Å². The summed E-state index contributed by atoms with van der Waals surface area (Å²) >= 11 is 0. The number of ether oxygens (including phenoxy) is 1. The van der Waals surface area contributed by atoms with Crippen LogP contribution in [0.5, 0.6) is 0 Å². The lowest BCUT2D eigenvalue weighted by Gasteiger charge is -2.16. The molecular weight excluding hydrogens is 364 g/mol. The van der Waals surface area contributed by atoms with Crippen molar-refractivity contribution in [2.75, 3.05) is 11.9 Å². The molecule has 3 heterocycles. The maximum absolute atomic E-state index is 10.2. The van der Waals surface area contributed by atoms with Gasteiger partial charge in [-0.05, 0) is 17.7 Å². The maximum Gasteiger partial charge on any atom is 0.167 e. The third-order valence-corrected chi connectivity index (χ3v) is 4.69. The number of rotatable bonds is 5. The summed E-state index contributed by atoms with van der Waals surface area (Å²) in [4.78, 5) is 12.7. The zero-order valence-corrected chi connectivity index (χ0v) is 14.7. The van der Waals surface area contributed by atoms with Gasteiger partial charge in [0.1, 0.15) is 24.6 Å². The Morgan fingerprint density at radius 3 is 2.61 bits per heavy atom. The van der Waals surface area contributed by atoms with Crippen LogP contribution >= 0.6 is 0 Å². The van der Waals surface area contributed by atoms with E-state index in [0.29, 0.717) is 29.1 Å². The van der Waals surface area contributed by atoms with E-state index in [0.717, 1.165) is 5.56 Å². The van der Waals surface area contributed by atoms with Crippen LogP contribution in [0.3, 0.4) is 0 Å². The molecule has 3 aromatic rings. The molecule has 0 amide bonds. The van der Waals surface area contributed by atoms with E-state index in [4.69, 9.17) is 10.00 Å². The first kappa shape index (κ1) is 18.3. The molecule has 144 valence electrons. The van der Waals surface area contributed by atoms with Crippen LogP contribution in [-0.2, 0) is 11.3 Å². The summed E-state index contributed by atoms with van der Waals surface area (Å²) < 4.78 is 7.05. The van der Waals surface area contributed by atoms with E-state index < -0.39 is 31.1 Å². The van der Waals surface area contributed by atoms with Crippen molar-refractivity contribution in [2.45, 2.75) is 31.1 Å². The number of aromatic nitrogens is 4. The minimum Gasteiger partial charge on any atom is -0.394 e. The van der Waals surface area contributed by atoms with E-state index >= 15 is 0 Å². The van der Waals surface area contributed by atoms with Gasteiger partial charge in [-0.2, -0.15) is 5.26 Å². The Labute approximate surface area is 159 Å². The first-order chi connectivity index (χ1) is 13.6. The fourth-order valence-electron chi connectivity index (χ4n) is 3.16. The number of anilines is 1. The van der Waals surface area contributed by atoms with Crippen LogP contribution in [-0.4, -0.2) is 59.8 Å². The average molecular weight is 382 g/mol. The molecule has 0 spiro atoms. The van der Waals surface area contributed by atoms with Crippen molar-refractivity contribution in [1.82, 2.24) is 19.5 Å². The number of nitriles is 1. The van der Waals surface area contributed by atoms with Gasteiger partial charge >= 0.3 is 0 Å². The van der Waals surface area contributed by atoms with Crippen LogP contribution in [0.4, 0.5) is 5.82 Å². The van der Waals surface area contributed by atoms with Gasteiger partial charge in [0.25, 0.3) is 0 Å². The largest absolute Gasteiger partial charge is 0.394 e. The monoisotopic (exact) mass is 382 g/mol. The predicted molar refractivity (Wildman–Crippen MR) is 96.8 cm³/mol. The second-order valence-electron chi connectivity index (χ2n) is 6.44. The second-order valence-corrected chi connectivity index (χ2v) is 6.44. The Hall–Kier alpha value is -3.10. The highest BCUT2D eigenvalue weighted by atomic mass is 16.6. The van der Waals surface area contributed by atoms with Crippen molar-refractivity contribution < 1.29 is 20.1 Å². The number of nitrogens with one attached hydrogen (secondary N) is 1. The van der Waals surface area contributed by atoms with Gasteiger partial charge in [0, 0.05) is 6.54 Å². The highest BCUT2D eigenvalue weighted by molar-refractivity contribution is 5.82. The zero-order chi connectivity index (χ0) is 19.7. The molecule has 10 heteroatoms. The summed E-state index contributed by atoms with van der Waals surface area (Å²) in [7, 11) is 0. The van der Waals surface area contributed by atoms with Gasteiger partial charge in [-0.3, -0.25) is 4.57 Å².